The predicted octanol–water partition coefficient (Wildman–Crippen LogP) is 3.50. The number of rotatable bonds is 1. The normalized spacial score (nSPS) is 23.8. The fourth-order valence-corrected chi connectivity index (χ4v) is 3.17. The van der Waals surface area contributed by atoms with Gasteiger partial charge in [0.25, 0.3) is 0 Å². The lowest BCUT2D eigenvalue weighted by atomic mass is 9.88. The number of halogens is 1. The van der Waals surface area contributed by atoms with E-state index in [-0.39, 0.29) is 11.6 Å². The first-order valence-electron chi connectivity index (χ1n) is 6.12. The van der Waals surface area contributed by atoms with Gasteiger partial charge in [0.15, 0.2) is 0 Å². The molecule has 0 radical (unpaired) electrons. The van der Waals surface area contributed by atoms with E-state index >= 15 is 0 Å². The van der Waals surface area contributed by atoms with Crippen LogP contribution in [0.2, 0.25) is 0 Å². The summed E-state index contributed by atoms with van der Waals surface area (Å²) in [6.07, 6.45) is 1.71. The Morgan fingerprint density at radius 2 is 2.12 bits per heavy atom. The molecule has 1 unspecified atom stereocenters. The van der Waals surface area contributed by atoms with Crippen molar-refractivity contribution in [2.75, 3.05) is 11.4 Å². The molecule has 1 aliphatic heterocycles. The van der Waals surface area contributed by atoms with Gasteiger partial charge in [0.2, 0.25) is 0 Å². The van der Waals surface area contributed by atoms with E-state index in [9.17, 15) is 5.11 Å². The fraction of sp³-hybridized carbons (Fsp3) is 0.571. The monoisotopic (exact) mass is 297 g/mol. The van der Waals surface area contributed by atoms with Crippen molar-refractivity contribution in [2.45, 2.75) is 45.3 Å². The van der Waals surface area contributed by atoms with E-state index in [1.807, 2.05) is 0 Å². The summed E-state index contributed by atoms with van der Waals surface area (Å²) in [6.45, 7) is 7.29. The van der Waals surface area contributed by atoms with E-state index in [2.05, 4.69) is 59.8 Å². The highest BCUT2D eigenvalue weighted by Gasteiger charge is 2.34. The molecular formula is C14H20BrNO. The zero-order chi connectivity index (χ0) is 12.6. The third-order valence-corrected chi connectivity index (χ3v) is 4.24. The van der Waals surface area contributed by atoms with Crippen molar-refractivity contribution in [1.82, 2.24) is 0 Å². The summed E-state index contributed by atoms with van der Waals surface area (Å²) < 4.78 is 1.11. The molecule has 1 heterocycles. The highest BCUT2D eigenvalue weighted by atomic mass is 79.9. The Morgan fingerprint density at radius 3 is 2.76 bits per heavy atom. The van der Waals surface area contributed by atoms with E-state index in [1.54, 1.807) is 0 Å². The van der Waals surface area contributed by atoms with E-state index < -0.39 is 0 Å². The van der Waals surface area contributed by atoms with Gasteiger partial charge >= 0.3 is 0 Å². The molecule has 1 saturated heterocycles. The second-order valence-corrected chi connectivity index (χ2v) is 6.42. The van der Waals surface area contributed by atoms with Crippen LogP contribution in [0.15, 0.2) is 22.7 Å². The molecule has 17 heavy (non-hydrogen) atoms. The molecule has 0 saturated carbocycles. The topological polar surface area (TPSA) is 23.5 Å². The maximum atomic E-state index is 9.86. The Morgan fingerprint density at radius 1 is 1.41 bits per heavy atom. The van der Waals surface area contributed by atoms with Crippen molar-refractivity contribution in [3.8, 4) is 0 Å². The molecule has 0 amide bonds. The summed E-state index contributed by atoms with van der Waals surface area (Å²) in [5.74, 6) is 0. The number of benzene rings is 1. The maximum absolute atomic E-state index is 9.86. The van der Waals surface area contributed by atoms with Crippen molar-refractivity contribution in [3.63, 3.8) is 0 Å². The van der Waals surface area contributed by atoms with Crippen LogP contribution < -0.4 is 4.90 Å². The number of anilines is 1. The molecule has 1 fully saturated rings. The number of nitrogens with zero attached hydrogens (tertiary/aromatic N) is 1. The molecule has 1 aromatic rings. The van der Waals surface area contributed by atoms with Gasteiger partial charge in [0.1, 0.15) is 0 Å². The lowest BCUT2D eigenvalue weighted by molar-refractivity contribution is 0.126. The Kier molecular flexibility index (Phi) is 3.50. The fourth-order valence-electron chi connectivity index (χ4n) is 2.46. The Labute approximate surface area is 112 Å². The second kappa shape index (κ2) is 4.62. The largest absolute Gasteiger partial charge is 0.391 e. The lowest BCUT2D eigenvalue weighted by Crippen LogP contribution is -2.52. The minimum absolute atomic E-state index is 0.108. The van der Waals surface area contributed by atoms with Gasteiger partial charge in [-0.1, -0.05) is 6.07 Å². The number of aliphatic hydroxyl groups is 1. The maximum Gasteiger partial charge on any atom is 0.0716 e. The quantitative estimate of drug-likeness (QED) is 0.858. The predicted molar refractivity (Wildman–Crippen MR) is 75.5 cm³/mol. The van der Waals surface area contributed by atoms with E-state index in [4.69, 9.17) is 0 Å². The number of hydrogen-bond acceptors (Lipinski definition) is 2. The molecule has 94 valence electrons. The van der Waals surface area contributed by atoms with Crippen LogP contribution in [0.4, 0.5) is 5.69 Å². The van der Waals surface area contributed by atoms with Gasteiger partial charge < -0.3 is 10.0 Å². The van der Waals surface area contributed by atoms with Gasteiger partial charge in [-0.25, -0.2) is 0 Å². The van der Waals surface area contributed by atoms with Crippen LogP contribution in [-0.2, 0) is 0 Å². The molecule has 1 aliphatic rings. The van der Waals surface area contributed by atoms with Crippen molar-refractivity contribution < 1.29 is 5.11 Å². The minimum Gasteiger partial charge on any atom is -0.391 e. The summed E-state index contributed by atoms with van der Waals surface area (Å²) in [5, 5.41) is 9.86. The third kappa shape index (κ3) is 2.66. The van der Waals surface area contributed by atoms with Crippen molar-refractivity contribution in [3.05, 3.63) is 28.2 Å². The smallest absolute Gasteiger partial charge is 0.0716 e. The van der Waals surface area contributed by atoms with Gasteiger partial charge in [-0.3, -0.25) is 0 Å². The van der Waals surface area contributed by atoms with E-state index in [1.165, 1.54) is 11.3 Å². The van der Waals surface area contributed by atoms with Gasteiger partial charge in [-0.15, -0.1) is 0 Å². The van der Waals surface area contributed by atoms with E-state index in [0.717, 1.165) is 17.3 Å². The second-order valence-electron chi connectivity index (χ2n) is 5.57. The molecule has 0 aliphatic carbocycles. The molecule has 0 spiro atoms. The number of aliphatic hydroxyl groups excluding tert-OH is 1. The molecule has 0 aromatic heterocycles. The Balaban J connectivity index is 2.36. The van der Waals surface area contributed by atoms with Crippen molar-refractivity contribution in [2.24, 2.45) is 0 Å². The summed E-state index contributed by atoms with van der Waals surface area (Å²) in [5.41, 5.74) is 2.53. The van der Waals surface area contributed by atoms with Gasteiger partial charge in [-0.2, -0.15) is 0 Å². The summed E-state index contributed by atoms with van der Waals surface area (Å²) in [6, 6.07) is 6.39. The average molecular weight is 298 g/mol. The zero-order valence-corrected chi connectivity index (χ0v) is 12.3. The molecule has 2 rings (SSSR count). The molecule has 1 N–H and O–H groups in total. The van der Waals surface area contributed by atoms with Crippen LogP contribution in [0.5, 0.6) is 0 Å². The number of piperidine rings is 1. The van der Waals surface area contributed by atoms with Crippen molar-refractivity contribution in [1.29, 1.82) is 0 Å². The van der Waals surface area contributed by atoms with Crippen LogP contribution >= 0.6 is 15.9 Å². The molecule has 1 atom stereocenters. The first-order valence-corrected chi connectivity index (χ1v) is 6.91. The summed E-state index contributed by atoms with van der Waals surface area (Å²) in [7, 11) is 0. The van der Waals surface area contributed by atoms with Gasteiger partial charge in [0.05, 0.1) is 11.8 Å². The summed E-state index contributed by atoms with van der Waals surface area (Å²) in [4.78, 5) is 2.31. The van der Waals surface area contributed by atoms with Gasteiger partial charge in [-0.05, 0) is 67.2 Å². The molecule has 1 aromatic carbocycles. The molecule has 0 bridgehead atoms. The average Bonchev–Trinajstić information content (AvgIpc) is 2.23. The van der Waals surface area contributed by atoms with Crippen LogP contribution in [-0.4, -0.2) is 23.3 Å². The SMILES string of the molecule is Cc1ccc(N2CC(O)CCC2(C)C)c(Br)c1. The van der Waals surface area contributed by atoms with Crippen LogP contribution in [0.25, 0.3) is 0 Å². The first kappa shape index (κ1) is 12.9. The molecular weight excluding hydrogens is 278 g/mol. The van der Waals surface area contributed by atoms with E-state index in [0.29, 0.717) is 6.54 Å². The Bertz CT molecular complexity index is 417. The van der Waals surface area contributed by atoms with Crippen LogP contribution in [0, 0.1) is 6.92 Å². The number of aryl methyl sites for hydroxylation is 1. The zero-order valence-electron chi connectivity index (χ0n) is 10.7. The van der Waals surface area contributed by atoms with Gasteiger partial charge in [0, 0.05) is 16.6 Å². The molecule has 2 nitrogen and oxygen atoms in total. The Hall–Kier alpha value is -0.540. The number of hydrogen-bond donors (Lipinski definition) is 1. The molecule has 3 heteroatoms. The summed E-state index contributed by atoms with van der Waals surface area (Å²) >= 11 is 3.63. The first-order chi connectivity index (χ1) is 7.90. The highest BCUT2D eigenvalue weighted by Crippen LogP contribution is 2.37. The van der Waals surface area contributed by atoms with Crippen LogP contribution in [0.3, 0.4) is 0 Å². The lowest BCUT2D eigenvalue weighted by Gasteiger charge is -2.46. The van der Waals surface area contributed by atoms with Crippen molar-refractivity contribution >= 4 is 21.6 Å². The standard InChI is InChI=1S/C14H20BrNO/c1-10-4-5-13(12(15)8-10)16-9-11(17)6-7-14(16,2)3/h4-5,8,11,17H,6-7,9H2,1-3H3. The number of β-amino-alcohol motifs (C(OH)–C–C–N with tert-alkyl or cyclic N) is 1. The third-order valence-electron chi connectivity index (χ3n) is 3.61. The van der Waals surface area contributed by atoms with Crippen LogP contribution in [0.1, 0.15) is 32.3 Å². The highest BCUT2D eigenvalue weighted by molar-refractivity contribution is 9.10. The minimum atomic E-state index is -0.212.